The summed E-state index contributed by atoms with van der Waals surface area (Å²) in [5.41, 5.74) is 5.32. The molecular weight excluding hydrogens is 501 g/mol. The van der Waals surface area contributed by atoms with Crippen LogP contribution >= 0.6 is 23.8 Å². The Balaban J connectivity index is 1.27. The predicted octanol–water partition coefficient (Wildman–Crippen LogP) is 7.29. The molecule has 0 radical (unpaired) electrons. The number of aromatic nitrogens is 1. The summed E-state index contributed by atoms with van der Waals surface area (Å²) in [4.78, 5) is 17.1. The van der Waals surface area contributed by atoms with Crippen LogP contribution < -0.4 is 10.6 Å². The lowest BCUT2D eigenvalue weighted by Crippen LogP contribution is -2.33. The Morgan fingerprint density at radius 3 is 2.58 bits per heavy atom. The van der Waals surface area contributed by atoms with Crippen LogP contribution in [0.15, 0.2) is 75.6 Å². The number of aryl methyl sites for hydroxylation is 2. The van der Waals surface area contributed by atoms with Crippen LogP contribution in [-0.4, -0.2) is 16.0 Å². The fourth-order valence-electron chi connectivity index (χ4n) is 3.62. The SMILES string of the molecule is Cc1ccc(-c2ccc(C(=O)NC(=S)Nc3ccc4oc(-c5ccc(F)cc5Cl)nc4c3)o2)cc1C. The highest BCUT2D eigenvalue weighted by molar-refractivity contribution is 7.80. The molecule has 0 saturated heterocycles. The van der Waals surface area contributed by atoms with Gasteiger partial charge in [-0.25, -0.2) is 9.37 Å². The Morgan fingerprint density at radius 2 is 1.81 bits per heavy atom. The maximum Gasteiger partial charge on any atom is 0.293 e. The Kier molecular flexibility index (Phi) is 6.30. The molecule has 0 fully saturated rings. The number of furan rings is 1. The number of nitrogens with zero attached hydrogens (tertiary/aromatic N) is 1. The van der Waals surface area contributed by atoms with E-state index in [1.54, 1.807) is 30.3 Å². The second kappa shape index (κ2) is 9.56. The number of benzene rings is 3. The second-order valence-electron chi connectivity index (χ2n) is 8.20. The van der Waals surface area contributed by atoms with Crippen LogP contribution in [0.5, 0.6) is 0 Å². The molecule has 0 atom stereocenters. The van der Waals surface area contributed by atoms with Crippen LogP contribution in [0.3, 0.4) is 0 Å². The molecule has 2 heterocycles. The normalized spacial score (nSPS) is 11.0. The van der Waals surface area contributed by atoms with Crippen molar-refractivity contribution in [2.75, 3.05) is 5.32 Å². The summed E-state index contributed by atoms with van der Waals surface area (Å²) < 4.78 is 24.8. The van der Waals surface area contributed by atoms with Gasteiger partial charge >= 0.3 is 0 Å². The molecule has 0 unspecified atom stereocenters. The van der Waals surface area contributed by atoms with Gasteiger partial charge in [0.1, 0.15) is 17.1 Å². The number of amides is 1. The lowest BCUT2D eigenvalue weighted by molar-refractivity contribution is 0.0951. The summed E-state index contributed by atoms with van der Waals surface area (Å²) >= 11 is 11.4. The minimum atomic E-state index is -0.474. The van der Waals surface area contributed by atoms with Crippen LogP contribution in [0.2, 0.25) is 5.02 Å². The molecule has 0 bridgehead atoms. The molecule has 1 amide bonds. The van der Waals surface area contributed by atoms with Crippen molar-refractivity contribution in [2.24, 2.45) is 0 Å². The molecule has 9 heteroatoms. The minimum Gasteiger partial charge on any atom is -0.451 e. The van der Waals surface area contributed by atoms with E-state index in [4.69, 9.17) is 32.7 Å². The summed E-state index contributed by atoms with van der Waals surface area (Å²) in [6, 6.07) is 18.5. The molecule has 36 heavy (non-hydrogen) atoms. The molecule has 180 valence electrons. The summed E-state index contributed by atoms with van der Waals surface area (Å²) in [5, 5.41) is 5.86. The second-order valence-corrected chi connectivity index (χ2v) is 9.01. The number of nitrogens with one attached hydrogen (secondary N) is 2. The average Bonchev–Trinajstić information content (AvgIpc) is 3.48. The standard InChI is InChI=1S/C27H19ClFN3O3S/c1-14-3-4-16(11-15(14)2)22-9-10-24(34-22)25(33)32-27(36)30-18-6-8-23-21(13-18)31-26(35-23)19-7-5-17(29)12-20(19)28/h3-13H,1-2H3,(H2,30,32,33,36). The number of oxazole rings is 1. The molecule has 3 aromatic carbocycles. The third-order valence-corrected chi connectivity index (χ3v) is 6.17. The highest BCUT2D eigenvalue weighted by Crippen LogP contribution is 2.31. The number of fused-ring (bicyclic) bond motifs is 1. The number of carbonyl (C=O) groups is 1. The van der Waals surface area contributed by atoms with E-state index in [1.807, 2.05) is 32.0 Å². The largest absolute Gasteiger partial charge is 0.451 e. The maximum atomic E-state index is 13.4. The van der Waals surface area contributed by atoms with E-state index in [0.29, 0.717) is 28.1 Å². The first-order valence-corrected chi connectivity index (χ1v) is 11.7. The number of thiocarbonyl (C=S) groups is 1. The van der Waals surface area contributed by atoms with Crippen molar-refractivity contribution < 1.29 is 18.0 Å². The summed E-state index contributed by atoms with van der Waals surface area (Å²) in [7, 11) is 0. The molecule has 0 aliphatic rings. The molecular formula is C27H19ClFN3O3S. The summed E-state index contributed by atoms with van der Waals surface area (Å²) in [5.74, 6) is 0.0764. The molecule has 0 aliphatic carbocycles. The van der Waals surface area contributed by atoms with Gasteiger partial charge in [0.15, 0.2) is 16.5 Å². The van der Waals surface area contributed by atoms with Gasteiger partial charge in [0.2, 0.25) is 5.89 Å². The van der Waals surface area contributed by atoms with Crippen LogP contribution in [0.25, 0.3) is 33.9 Å². The molecule has 0 saturated carbocycles. The van der Waals surface area contributed by atoms with Gasteiger partial charge in [-0.1, -0.05) is 23.7 Å². The van der Waals surface area contributed by atoms with Gasteiger partial charge in [0.05, 0.1) is 10.6 Å². The molecule has 0 aliphatic heterocycles. The first-order valence-electron chi connectivity index (χ1n) is 10.9. The van der Waals surface area contributed by atoms with Gasteiger partial charge in [-0.15, -0.1) is 0 Å². The Morgan fingerprint density at radius 1 is 0.972 bits per heavy atom. The van der Waals surface area contributed by atoms with E-state index in [1.165, 1.54) is 23.8 Å². The first kappa shape index (κ1) is 23.7. The smallest absolute Gasteiger partial charge is 0.293 e. The zero-order valence-corrected chi connectivity index (χ0v) is 20.8. The maximum absolute atomic E-state index is 13.4. The van der Waals surface area contributed by atoms with E-state index >= 15 is 0 Å². The van der Waals surface area contributed by atoms with E-state index in [2.05, 4.69) is 15.6 Å². The number of hydrogen-bond acceptors (Lipinski definition) is 5. The van der Waals surface area contributed by atoms with Gasteiger partial charge in [0, 0.05) is 11.3 Å². The molecule has 6 nitrogen and oxygen atoms in total. The van der Waals surface area contributed by atoms with E-state index < -0.39 is 11.7 Å². The number of carbonyl (C=O) groups excluding carboxylic acids is 1. The molecule has 5 rings (SSSR count). The third kappa shape index (κ3) is 4.86. The van der Waals surface area contributed by atoms with Gasteiger partial charge in [-0.2, -0.15) is 0 Å². The Bertz CT molecular complexity index is 1640. The van der Waals surface area contributed by atoms with Crippen molar-refractivity contribution in [3.63, 3.8) is 0 Å². The van der Waals surface area contributed by atoms with Crippen LogP contribution in [0, 0.1) is 19.7 Å². The van der Waals surface area contributed by atoms with Crippen LogP contribution in [0.1, 0.15) is 21.7 Å². The zero-order valence-electron chi connectivity index (χ0n) is 19.2. The Labute approximate surface area is 216 Å². The van der Waals surface area contributed by atoms with Crippen molar-refractivity contribution in [1.29, 1.82) is 0 Å². The quantitative estimate of drug-likeness (QED) is 0.243. The lowest BCUT2D eigenvalue weighted by atomic mass is 10.1. The molecule has 2 aromatic heterocycles. The minimum absolute atomic E-state index is 0.0915. The van der Waals surface area contributed by atoms with E-state index in [-0.39, 0.29) is 21.8 Å². The number of hydrogen-bond donors (Lipinski definition) is 2. The van der Waals surface area contributed by atoms with Crippen molar-refractivity contribution in [3.05, 3.63) is 94.5 Å². The van der Waals surface area contributed by atoms with Gasteiger partial charge in [-0.05, 0) is 91.8 Å². The first-order chi connectivity index (χ1) is 17.3. The number of anilines is 1. The van der Waals surface area contributed by atoms with Gasteiger partial charge in [-0.3, -0.25) is 10.1 Å². The fraction of sp³-hybridized carbons (Fsp3) is 0.0741. The van der Waals surface area contributed by atoms with Crippen molar-refractivity contribution >= 4 is 51.6 Å². The van der Waals surface area contributed by atoms with E-state index in [9.17, 15) is 9.18 Å². The predicted molar refractivity (Wildman–Crippen MR) is 142 cm³/mol. The van der Waals surface area contributed by atoms with Crippen LogP contribution in [-0.2, 0) is 0 Å². The highest BCUT2D eigenvalue weighted by atomic mass is 35.5. The van der Waals surface area contributed by atoms with Gasteiger partial charge in [0.25, 0.3) is 5.91 Å². The average molecular weight is 520 g/mol. The fourth-order valence-corrected chi connectivity index (χ4v) is 4.08. The lowest BCUT2D eigenvalue weighted by Gasteiger charge is -2.08. The number of halogens is 2. The van der Waals surface area contributed by atoms with Crippen molar-refractivity contribution in [1.82, 2.24) is 10.3 Å². The Hall–Kier alpha value is -4.01. The van der Waals surface area contributed by atoms with Crippen molar-refractivity contribution in [2.45, 2.75) is 13.8 Å². The van der Waals surface area contributed by atoms with Crippen LogP contribution in [0.4, 0.5) is 10.1 Å². The zero-order chi connectivity index (χ0) is 25.4. The molecule has 0 spiro atoms. The summed E-state index contributed by atoms with van der Waals surface area (Å²) in [6.07, 6.45) is 0. The number of rotatable bonds is 4. The van der Waals surface area contributed by atoms with Crippen molar-refractivity contribution in [3.8, 4) is 22.8 Å². The molecule has 2 N–H and O–H groups in total. The molecule has 5 aromatic rings. The topological polar surface area (TPSA) is 80.3 Å². The highest BCUT2D eigenvalue weighted by Gasteiger charge is 2.16. The third-order valence-electron chi connectivity index (χ3n) is 5.66. The van der Waals surface area contributed by atoms with E-state index in [0.717, 1.165) is 11.1 Å². The summed E-state index contributed by atoms with van der Waals surface area (Å²) in [6.45, 7) is 4.06. The van der Waals surface area contributed by atoms with Gasteiger partial charge < -0.3 is 14.2 Å². The monoisotopic (exact) mass is 519 g/mol.